The van der Waals surface area contributed by atoms with Crippen LogP contribution in [-0.4, -0.2) is 44.8 Å². The Hall–Kier alpha value is -4.57. The van der Waals surface area contributed by atoms with E-state index in [4.69, 9.17) is 9.72 Å². The Morgan fingerprint density at radius 2 is 1.88 bits per heavy atom. The minimum atomic E-state index is -0.461. The Morgan fingerprint density at radius 1 is 1.05 bits per heavy atom. The van der Waals surface area contributed by atoms with Crippen LogP contribution in [0.15, 0.2) is 60.8 Å². The van der Waals surface area contributed by atoms with Crippen LogP contribution >= 0.6 is 11.3 Å². The quantitative estimate of drug-likeness (QED) is 0.235. The summed E-state index contributed by atoms with van der Waals surface area (Å²) < 4.78 is 8.41. The molecule has 1 amide bonds. The number of aryl methyl sites for hydroxylation is 1. The van der Waals surface area contributed by atoms with Crippen molar-refractivity contribution in [1.29, 1.82) is 0 Å². The Bertz CT molecular complexity index is 1770. The Balaban J connectivity index is 1.30. The topological polar surface area (TPSA) is 102 Å². The van der Waals surface area contributed by atoms with Gasteiger partial charge in [0.05, 0.1) is 23.0 Å². The summed E-state index contributed by atoms with van der Waals surface area (Å²) in [5.74, 6) is 0.202. The van der Waals surface area contributed by atoms with E-state index in [1.807, 2.05) is 76.3 Å². The number of para-hydroxylation sites is 1. The number of amides is 1. The molecule has 0 spiro atoms. The number of hydrogen-bond donors (Lipinski definition) is 1. The van der Waals surface area contributed by atoms with Crippen LogP contribution in [-0.2, 0) is 24.8 Å². The molecule has 42 heavy (non-hydrogen) atoms. The van der Waals surface area contributed by atoms with Crippen LogP contribution < -0.4 is 10.2 Å². The highest BCUT2D eigenvalue weighted by molar-refractivity contribution is 7.22. The first-order valence-electron chi connectivity index (χ1n) is 14.0. The van der Waals surface area contributed by atoms with E-state index >= 15 is 0 Å². The highest BCUT2D eigenvalue weighted by Crippen LogP contribution is 2.32. The van der Waals surface area contributed by atoms with Crippen molar-refractivity contribution in [3.05, 3.63) is 88.9 Å². The molecule has 3 aromatic heterocycles. The number of esters is 1. The van der Waals surface area contributed by atoms with Gasteiger partial charge in [-0.25, -0.2) is 14.8 Å². The van der Waals surface area contributed by atoms with Gasteiger partial charge in [0.15, 0.2) is 10.8 Å². The summed E-state index contributed by atoms with van der Waals surface area (Å²) in [6.45, 7) is 7.45. The van der Waals surface area contributed by atoms with Crippen LogP contribution in [0.4, 0.5) is 10.9 Å². The van der Waals surface area contributed by atoms with Crippen molar-refractivity contribution >= 4 is 44.4 Å². The predicted molar refractivity (Wildman–Crippen MR) is 165 cm³/mol. The fourth-order valence-corrected chi connectivity index (χ4v) is 6.01. The van der Waals surface area contributed by atoms with Crippen LogP contribution in [0.3, 0.4) is 0 Å². The van der Waals surface area contributed by atoms with Gasteiger partial charge in [-0.05, 0) is 60.7 Å². The molecular weight excluding hydrogens is 548 g/mol. The number of anilines is 2. The zero-order valence-corrected chi connectivity index (χ0v) is 24.9. The predicted octanol–water partition coefficient (Wildman–Crippen LogP) is 6.03. The van der Waals surface area contributed by atoms with Crippen LogP contribution in [0.5, 0.6) is 0 Å². The highest BCUT2D eigenvalue weighted by Gasteiger charge is 2.26. The van der Waals surface area contributed by atoms with Crippen molar-refractivity contribution in [2.45, 2.75) is 33.7 Å². The van der Waals surface area contributed by atoms with Crippen molar-refractivity contribution in [3.63, 3.8) is 0 Å². The molecule has 6 rings (SSSR count). The van der Waals surface area contributed by atoms with Gasteiger partial charge in [-0.3, -0.25) is 14.8 Å². The van der Waals surface area contributed by atoms with Crippen LogP contribution in [0, 0.1) is 12.8 Å². The molecule has 0 atom stereocenters. The first-order chi connectivity index (χ1) is 20.3. The van der Waals surface area contributed by atoms with Gasteiger partial charge in [-0.1, -0.05) is 49.4 Å². The van der Waals surface area contributed by atoms with E-state index in [2.05, 4.69) is 26.4 Å². The van der Waals surface area contributed by atoms with Crippen molar-refractivity contribution in [2.75, 3.05) is 23.4 Å². The van der Waals surface area contributed by atoms with Gasteiger partial charge in [-0.15, -0.1) is 0 Å². The first-order valence-corrected chi connectivity index (χ1v) is 14.8. The number of benzene rings is 2. The molecule has 4 heterocycles. The van der Waals surface area contributed by atoms with Crippen LogP contribution in [0.1, 0.15) is 51.5 Å². The molecule has 0 fully saturated rings. The zero-order valence-electron chi connectivity index (χ0n) is 24.0. The summed E-state index contributed by atoms with van der Waals surface area (Å²) in [4.78, 5) is 38.3. The smallest absolute Gasteiger partial charge is 0.357 e. The zero-order chi connectivity index (χ0) is 29.4. The molecule has 0 aliphatic carbocycles. The number of hydrogen-bond acceptors (Lipinski definition) is 8. The molecule has 9 nitrogen and oxygen atoms in total. The maximum absolute atomic E-state index is 13.5. The van der Waals surface area contributed by atoms with E-state index in [0.29, 0.717) is 41.8 Å². The van der Waals surface area contributed by atoms with E-state index in [0.717, 1.165) is 39.0 Å². The standard InChI is InChI=1S/C32H32N6O3S/c1-19(2)18-41-31(40)29-22(24-16-33-37(4)20(24)3)12-13-28(35-29)38-15-14-21-8-7-9-23(25(21)17-38)30(39)36-32-34-26-10-5-6-11-27(26)42-32/h5-13,16,19H,14-15,17-18H2,1-4H3,(H,34,36,39). The van der Waals surface area contributed by atoms with E-state index in [-0.39, 0.29) is 17.5 Å². The number of nitrogens with zero attached hydrogens (tertiary/aromatic N) is 5. The fourth-order valence-electron chi connectivity index (χ4n) is 5.15. The summed E-state index contributed by atoms with van der Waals surface area (Å²) >= 11 is 1.45. The van der Waals surface area contributed by atoms with Gasteiger partial charge >= 0.3 is 5.97 Å². The van der Waals surface area contributed by atoms with Crippen molar-refractivity contribution < 1.29 is 14.3 Å². The first kappa shape index (κ1) is 27.6. The van der Waals surface area contributed by atoms with E-state index in [9.17, 15) is 9.59 Å². The van der Waals surface area contributed by atoms with Gasteiger partial charge in [-0.2, -0.15) is 5.10 Å². The molecule has 1 N–H and O–H groups in total. The summed E-state index contributed by atoms with van der Waals surface area (Å²) in [5.41, 5.74) is 6.25. The summed E-state index contributed by atoms with van der Waals surface area (Å²) in [6, 6.07) is 17.5. The largest absolute Gasteiger partial charge is 0.461 e. The highest BCUT2D eigenvalue weighted by atomic mass is 32.1. The summed E-state index contributed by atoms with van der Waals surface area (Å²) in [6.07, 6.45) is 2.49. The van der Waals surface area contributed by atoms with E-state index in [1.165, 1.54) is 11.3 Å². The van der Waals surface area contributed by atoms with Crippen LogP contribution in [0.25, 0.3) is 21.3 Å². The average molecular weight is 581 g/mol. The number of pyridine rings is 1. The van der Waals surface area contributed by atoms with Gasteiger partial charge < -0.3 is 9.64 Å². The van der Waals surface area contributed by atoms with Gasteiger partial charge in [0.25, 0.3) is 5.91 Å². The third kappa shape index (κ3) is 5.37. The van der Waals surface area contributed by atoms with Crippen molar-refractivity contribution in [3.8, 4) is 11.1 Å². The monoisotopic (exact) mass is 580 g/mol. The number of fused-ring (bicyclic) bond motifs is 2. The molecule has 1 aliphatic rings. The lowest BCUT2D eigenvalue weighted by atomic mass is 9.94. The second-order valence-corrected chi connectivity index (χ2v) is 11.9. The molecule has 10 heteroatoms. The number of carbonyl (C=O) groups excluding carboxylic acids is 2. The maximum Gasteiger partial charge on any atom is 0.357 e. The van der Waals surface area contributed by atoms with E-state index < -0.39 is 5.97 Å². The van der Waals surface area contributed by atoms with Crippen molar-refractivity contribution in [2.24, 2.45) is 13.0 Å². The second kappa shape index (κ2) is 11.4. The van der Waals surface area contributed by atoms with Gasteiger partial charge in [0, 0.05) is 42.5 Å². The number of carbonyl (C=O) groups is 2. The second-order valence-electron chi connectivity index (χ2n) is 10.9. The van der Waals surface area contributed by atoms with Gasteiger partial charge in [0.1, 0.15) is 5.82 Å². The fraction of sp³-hybridized carbons (Fsp3) is 0.281. The molecule has 0 saturated carbocycles. The molecular formula is C32H32N6O3S. The number of rotatable bonds is 7. The molecule has 0 unspecified atom stereocenters. The molecule has 2 aromatic carbocycles. The Kier molecular flexibility index (Phi) is 7.47. The number of ether oxygens (including phenoxy) is 1. The lowest BCUT2D eigenvalue weighted by Crippen LogP contribution is -2.33. The lowest BCUT2D eigenvalue weighted by Gasteiger charge is -2.31. The lowest BCUT2D eigenvalue weighted by molar-refractivity contribution is 0.0453. The average Bonchev–Trinajstić information content (AvgIpc) is 3.56. The van der Waals surface area contributed by atoms with Crippen LogP contribution in [0.2, 0.25) is 0 Å². The maximum atomic E-state index is 13.5. The number of thiazole rings is 1. The summed E-state index contributed by atoms with van der Waals surface area (Å²) in [5, 5.41) is 7.92. The summed E-state index contributed by atoms with van der Waals surface area (Å²) in [7, 11) is 1.87. The molecule has 214 valence electrons. The Morgan fingerprint density at radius 3 is 2.64 bits per heavy atom. The van der Waals surface area contributed by atoms with Crippen molar-refractivity contribution in [1.82, 2.24) is 19.7 Å². The SMILES string of the molecule is Cc1c(-c2ccc(N3CCc4cccc(C(=O)Nc5nc6ccccc6s5)c4C3)nc2C(=O)OCC(C)C)cnn1C. The third-order valence-corrected chi connectivity index (χ3v) is 8.45. The molecule has 1 aliphatic heterocycles. The minimum Gasteiger partial charge on any atom is -0.461 e. The third-order valence-electron chi connectivity index (χ3n) is 7.50. The van der Waals surface area contributed by atoms with E-state index in [1.54, 1.807) is 10.9 Å². The molecule has 5 aromatic rings. The molecule has 0 saturated heterocycles. The normalized spacial score (nSPS) is 12.9. The molecule has 0 bridgehead atoms. The number of nitrogens with one attached hydrogen (secondary N) is 1. The minimum absolute atomic E-state index is 0.193. The van der Waals surface area contributed by atoms with Gasteiger partial charge in [0.2, 0.25) is 0 Å². The molecule has 0 radical (unpaired) electrons. The Labute approximate surface area is 248 Å². The number of aromatic nitrogens is 4.